The van der Waals surface area contributed by atoms with Crippen LogP contribution in [0.3, 0.4) is 0 Å². The molecule has 0 radical (unpaired) electrons. The Hall–Kier alpha value is -0.160. The highest BCUT2D eigenvalue weighted by molar-refractivity contribution is 4.79. The number of methoxy groups -OCH3 is 1. The predicted molar refractivity (Wildman–Crippen MR) is 70.2 cm³/mol. The summed E-state index contributed by atoms with van der Waals surface area (Å²) in [5.74, 6) is 0. The zero-order chi connectivity index (χ0) is 12.3. The Bertz CT molecular complexity index is 175. The summed E-state index contributed by atoms with van der Waals surface area (Å²) < 4.78 is 10.6. The van der Waals surface area contributed by atoms with E-state index in [9.17, 15) is 0 Å². The van der Waals surface area contributed by atoms with E-state index in [1.165, 1.54) is 19.3 Å². The molecule has 2 N–H and O–H groups in total. The molecule has 4 heteroatoms. The first-order valence-electron chi connectivity index (χ1n) is 6.89. The Balaban J connectivity index is 2.02. The van der Waals surface area contributed by atoms with Gasteiger partial charge >= 0.3 is 0 Å². The van der Waals surface area contributed by atoms with Gasteiger partial charge in [-0.25, -0.2) is 0 Å². The highest BCUT2D eigenvalue weighted by atomic mass is 16.5. The van der Waals surface area contributed by atoms with Gasteiger partial charge in [0, 0.05) is 32.9 Å². The summed E-state index contributed by atoms with van der Waals surface area (Å²) >= 11 is 0. The van der Waals surface area contributed by atoms with E-state index in [2.05, 4.69) is 4.90 Å². The maximum Gasteiger partial charge on any atom is 0.0593 e. The van der Waals surface area contributed by atoms with Crippen molar-refractivity contribution in [1.29, 1.82) is 0 Å². The van der Waals surface area contributed by atoms with E-state index in [4.69, 9.17) is 15.2 Å². The maximum atomic E-state index is 5.61. The molecule has 0 aliphatic heterocycles. The molecule has 1 aliphatic carbocycles. The molecule has 0 saturated heterocycles. The summed E-state index contributed by atoms with van der Waals surface area (Å²) in [6.45, 7) is 5.41. The van der Waals surface area contributed by atoms with Crippen LogP contribution in [0, 0.1) is 0 Å². The summed E-state index contributed by atoms with van der Waals surface area (Å²) in [5.41, 5.74) is 5.57. The van der Waals surface area contributed by atoms with Crippen molar-refractivity contribution < 1.29 is 9.47 Å². The van der Waals surface area contributed by atoms with Gasteiger partial charge in [0.05, 0.1) is 6.61 Å². The number of hydrogen-bond donors (Lipinski definition) is 1. The largest absolute Gasteiger partial charge is 0.385 e. The predicted octanol–water partition coefficient (Wildman–Crippen LogP) is 1.24. The SMILES string of the molecule is COCCCOCCN(CCCN)C1CCC1. The summed E-state index contributed by atoms with van der Waals surface area (Å²) in [6.07, 6.45) is 6.18. The Kier molecular flexibility index (Phi) is 8.61. The van der Waals surface area contributed by atoms with Crippen molar-refractivity contribution in [2.45, 2.75) is 38.1 Å². The van der Waals surface area contributed by atoms with E-state index in [1.807, 2.05) is 0 Å². The number of nitrogens with two attached hydrogens (primary N) is 1. The van der Waals surface area contributed by atoms with E-state index in [-0.39, 0.29) is 0 Å². The third-order valence-corrected chi connectivity index (χ3v) is 3.40. The molecular formula is C13H28N2O2. The van der Waals surface area contributed by atoms with Gasteiger partial charge in [0.1, 0.15) is 0 Å². The fourth-order valence-corrected chi connectivity index (χ4v) is 2.11. The number of ether oxygens (including phenoxy) is 2. The van der Waals surface area contributed by atoms with E-state index in [0.717, 1.165) is 58.3 Å². The lowest BCUT2D eigenvalue weighted by atomic mass is 9.91. The first-order valence-corrected chi connectivity index (χ1v) is 6.89. The molecule has 0 spiro atoms. The molecule has 0 bridgehead atoms. The fourth-order valence-electron chi connectivity index (χ4n) is 2.11. The molecule has 0 aromatic rings. The Morgan fingerprint density at radius 1 is 1.12 bits per heavy atom. The average Bonchev–Trinajstić information content (AvgIpc) is 2.27. The minimum atomic E-state index is 0.790. The van der Waals surface area contributed by atoms with Gasteiger partial charge in [-0.05, 0) is 38.8 Å². The number of nitrogens with zero attached hydrogens (tertiary/aromatic N) is 1. The molecule has 0 atom stereocenters. The Morgan fingerprint density at radius 3 is 2.53 bits per heavy atom. The van der Waals surface area contributed by atoms with Gasteiger partial charge in [-0.15, -0.1) is 0 Å². The first-order chi connectivity index (χ1) is 8.38. The van der Waals surface area contributed by atoms with Gasteiger partial charge in [0.25, 0.3) is 0 Å². The highest BCUT2D eigenvalue weighted by Gasteiger charge is 2.23. The van der Waals surface area contributed by atoms with Gasteiger partial charge in [0.2, 0.25) is 0 Å². The van der Waals surface area contributed by atoms with Crippen molar-refractivity contribution in [3.63, 3.8) is 0 Å². The summed E-state index contributed by atoms with van der Waals surface area (Å²) in [7, 11) is 1.73. The second-order valence-corrected chi connectivity index (χ2v) is 4.72. The lowest BCUT2D eigenvalue weighted by molar-refractivity contribution is 0.0551. The van der Waals surface area contributed by atoms with Crippen molar-refractivity contribution in [3.05, 3.63) is 0 Å². The van der Waals surface area contributed by atoms with Crippen LogP contribution in [-0.4, -0.2) is 57.5 Å². The van der Waals surface area contributed by atoms with Gasteiger partial charge in [-0.2, -0.15) is 0 Å². The van der Waals surface area contributed by atoms with Crippen LogP contribution in [0.4, 0.5) is 0 Å². The smallest absolute Gasteiger partial charge is 0.0593 e. The van der Waals surface area contributed by atoms with Crippen LogP contribution in [-0.2, 0) is 9.47 Å². The van der Waals surface area contributed by atoms with Crippen molar-refractivity contribution in [2.24, 2.45) is 5.73 Å². The van der Waals surface area contributed by atoms with Crippen LogP contribution in [0.1, 0.15) is 32.1 Å². The topological polar surface area (TPSA) is 47.7 Å². The molecule has 0 amide bonds. The molecule has 0 aromatic carbocycles. The zero-order valence-electron chi connectivity index (χ0n) is 11.2. The minimum Gasteiger partial charge on any atom is -0.385 e. The van der Waals surface area contributed by atoms with Crippen LogP contribution in [0.2, 0.25) is 0 Å². The van der Waals surface area contributed by atoms with Crippen LogP contribution >= 0.6 is 0 Å². The molecule has 1 rings (SSSR count). The van der Waals surface area contributed by atoms with Gasteiger partial charge < -0.3 is 15.2 Å². The molecule has 17 heavy (non-hydrogen) atoms. The van der Waals surface area contributed by atoms with Crippen molar-refractivity contribution >= 4 is 0 Å². The van der Waals surface area contributed by atoms with Crippen LogP contribution in [0.25, 0.3) is 0 Å². The van der Waals surface area contributed by atoms with Gasteiger partial charge in [-0.3, -0.25) is 4.90 Å². The third kappa shape index (κ3) is 6.36. The molecule has 0 aromatic heterocycles. The molecule has 1 fully saturated rings. The van der Waals surface area contributed by atoms with Crippen molar-refractivity contribution in [1.82, 2.24) is 4.90 Å². The number of hydrogen-bond acceptors (Lipinski definition) is 4. The fraction of sp³-hybridized carbons (Fsp3) is 1.00. The molecule has 1 saturated carbocycles. The second kappa shape index (κ2) is 9.83. The third-order valence-electron chi connectivity index (χ3n) is 3.40. The quantitative estimate of drug-likeness (QED) is 0.556. The summed E-state index contributed by atoms with van der Waals surface area (Å²) in [6, 6.07) is 0.795. The van der Waals surface area contributed by atoms with E-state index < -0.39 is 0 Å². The minimum absolute atomic E-state index is 0.790. The summed E-state index contributed by atoms with van der Waals surface area (Å²) in [5, 5.41) is 0. The van der Waals surface area contributed by atoms with Crippen molar-refractivity contribution in [3.8, 4) is 0 Å². The zero-order valence-corrected chi connectivity index (χ0v) is 11.2. The van der Waals surface area contributed by atoms with E-state index >= 15 is 0 Å². The van der Waals surface area contributed by atoms with E-state index in [1.54, 1.807) is 7.11 Å². The summed E-state index contributed by atoms with van der Waals surface area (Å²) in [4.78, 5) is 2.55. The van der Waals surface area contributed by atoms with Crippen LogP contribution in [0.15, 0.2) is 0 Å². The van der Waals surface area contributed by atoms with Gasteiger partial charge in [-0.1, -0.05) is 6.42 Å². The monoisotopic (exact) mass is 244 g/mol. The Labute approximate surface area is 105 Å². The lowest BCUT2D eigenvalue weighted by Crippen LogP contribution is -2.43. The Morgan fingerprint density at radius 2 is 1.94 bits per heavy atom. The lowest BCUT2D eigenvalue weighted by Gasteiger charge is -2.37. The molecule has 1 aliphatic rings. The molecule has 102 valence electrons. The molecule has 0 heterocycles. The maximum absolute atomic E-state index is 5.61. The van der Waals surface area contributed by atoms with Gasteiger partial charge in [0.15, 0.2) is 0 Å². The standard InChI is InChI=1S/C13H28N2O2/c1-16-10-4-11-17-12-9-15(8-3-7-14)13-5-2-6-13/h13H,2-12,14H2,1H3. The first kappa shape index (κ1) is 14.9. The van der Waals surface area contributed by atoms with Crippen LogP contribution < -0.4 is 5.73 Å². The van der Waals surface area contributed by atoms with E-state index in [0.29, 0.717) is 0 Å². The second-order valence-electron chi connectivity index (χ2n) is 4.72. The highest BCUT2D eigenvalue weighted by Crippen LogP contribution is 2.24. The van der Waals surface area contributed by atoms with Crippen molar-refractivity contribution in [2.75, 3.05) is 46.6 Å². The van der Waals surface area contributed by atoms with Crippen LogP contribution in [0.5, 0.6) is 0 Å². The number of rotatable bonds is 11. The molecule has 4 nitrogen and oxygen atoms in total. The average molecular weight is 244 g/mol. The normalized spacial score (nSPS) is 16.4. The molecule has 0 unspecified atom stereocenters. The molecular weight excluding hydrogens is 216 g/mol.